The van der Waals surface area contributed by atoms with Crippen molar-refractivity contribution in [3.63, 3.8) is 0 Å². The third-order valence-corrected chi connectivity index (χ3v) is 2.92. The molecule has 0 fully saturated rings. The zero-order valence-corrected chi connectivity index (χ0v) is 10.1. The Kier molecular flexibility index (Phi) is 2.45. The van der Waals surface area contributed by atoms with E-state index in [1.807, 2.05) is 55.6 Å². The molecule has 0 atom stereocenters. The van der Waals surface area contributed by atoms with Gasteiger partial charge in [-0.3, -0.25) is 4.98 Å². The molecule has 0 saturated carbocycles. The molecule has 3 aromatic rings. The van der Waals surface area contributed by atoms with Crippen LogP contribution in [0.15, 0.2) is 48.7 Å². The molecule has 0 unspecified atom stereocenters. The van der Waals surface area contributed by atoms with Gasteiger partial charge >= 0.3 is 0 Å². The van der Waals surface area contributed by atoms with Crippen LogP contribution >= 0.6 is 0 Å². The van der Waals surface area contributed by atoms with Crippen molar-refractivity contribution in [1.82, 2.24) is 9.97 Å². The van der Waals surface area contributed by atoms with E-state index in [-0.39, 0.29) is 0 Å². The molecular formula is C15H13N3. The van der Waals surface area contributed by atoms with Crippen LogP contribution in [0.3, 0.4) is 0 Å². The third-order valence-electron chi connectivity index (χ3n) is 2.92. The van der Waals surface area contributed by atoms with Gasteiger partial charge in [0.2, 0.25) is 0 Å². The maximum Gasteiger partial charge on any atom is 0.0725 e. The molecule has 2 heterocycles. The number of aromatic nitrogens is 2. The number of fused-ring (bicyclic) bond motifs is 1. The van der Waals surface area contributed by atoms with Gasteiger partial charge in [-0.05, 0) is 43.3 Å². The van der Waals surface area contributed by atoms with Crippen molar-refractivity contribution in [2.75, 3.05) is 5.73 Å². The highest BCUT2D eigenvalue weighted by atomic mass is 14.7. The second kappa shape index (κ2) is 4.11. The van der Waals surface area contributed by atoms with Gasteiger partial charge in [-0.1, -0.05) is 6.07 Å². The Hall–Kier alpha value is -2.42. The highest BCUT2D eigenvalue weighted by Gasteiger charge is 2.02. The smallest absolute Gasteiger partial charge is 0.0725 e. The van der Waals surface area contributed by atoms with Gasteiger partial charge in [0.25, 0.3) is 0 Å². The molecular weight excluding hydrogens is 222 g/mol. The van der Waals surface area contributed by atoms with Crippen LogP contribution in [0, 0.1) is 6.92 Å². The highest BCUT2D eigenvalue weighted by molar-refractivity contribution is 5.84. The van der Waals surface area contributed by atoms with Gasteiger partial charge in [0.05, 0.1) is 11.2 Å². The zero-order valence-electron chi connectivity index (χ0n) is 10.1. The van der Waals surface area contributed by atoms with Crippen molar-refractivity contribution in [3.05, 3.63) is 54.4 Å². The average molecular weight is 235 g/mol. The number of benzene rings is 1. The van der Waals surface area contributed by atoms with Crippen LogP contribution in [0.2, 0.25) is 0 Å². The topological polar surface area (TPSA) is 51.8 Å². The molecule has 18 heavy (non-hydrogen) atoms. The first kappa shape index (κ1) is 10.7. The van der Waals surface area contributed by atoms with Crippen LogP contribution in [-0.4, -0.2) is 9.97 Å². The SMILES string of the molecule is Cc1ccc(-c2ccc3cc(N)ccc3n2)cn1. The Morgan fingerprint density at radius 2 is 1.89 bits per heavy atom. The highest BCUT2D eigenvalue weighted by Crippen LogP contribution is 2.21. The van der Waals surface area contributed by atoms with Crippen molar-refractivity contribution in [1.29, 1.82) is 0 Å². The zero-order chi connectivity index (χ0) is 12.5. The molecule has 0 bridgehead atoms. The molecule has 3 heteroatoms. The number of rotatable bonds is 1. The number of hydrogen-bond donors (Lipinski definition) is 1. The summed E-state index contributed by atoms with van der Waals surface area (Å²) >= 11 is 0. The monoisotopic (exact) mass is 235 g/mol. The first-order chi connectivity index (χ1) is 8.72. The minimum absolute atomic E-state index is 0.758. The summed E-state index contributed by atoms with van der Waals surface area (Å²) in [5.74, 6) is 0. The van der Waals surface area contributed by atoms with Crippen LogP contribution in [0.1, 0.15) is 5.69 Å². The number of pyridine rings is 2. The minimum Gasteiger partial charge on any atom is -0.399 e. The second-order valence-electron chi connectivity index (χ2n) is 4.34. The van der Waals surface area contributed by atoms with Gasteiger partial charge in [0.15, 0.2) is 0 Å². The normalized spacial score (nSPS) is 10.7. The van der Waals surface area contributed by atoms with Crippen molar-refractivity contribution >= 4 is 16.6 Å². The first-order valence-electron chi connectivity index (χ1n) is 5.82. The molecule has 0 aliphatic rings. The lowest BCUT2D eigenvalue weighted by molar-refractivity contribution is 1.20. The molecule has 1 aromatic carbocycles. The van der Waals surface area contributed by atoms with Gasteiger partial charge in [0.1, 0.15) is 0 Å². The van der Waals surface area contributed by atoms with Gasteiger partial charge in [-0.15, -0.1) is 0 Å². The van der Waals surface area contributed by atoms with E-state index in [1.54, 1.807) is 0 Å². The maximum absolute atomic E-state index is 5.75. The molecule has 3 rings (SSSR count). The Balaban J connectivity index is 2.13. The summed E-state index contributed by atoms with van der Waals surface area (Å²) in [5.41, 5.74) is 10.4. The van der Waals surface area contributed by atoms with E-state index in [2.05, 4.69) is 9.97 Å². The lowest BCUT2D eigenvalue weighted by Crippen LogP contribution is -1.89. The lowest BCUT2D eigenvalue weighted by atomic mass is 10.1. The van der Waals surface area contributed by atoms with Gasteiger partial charge < -0.3 is 5.73 Å². The van der Waals surface area contributed by atoms with E-state index in [0.29, 0.717) is 0 Å². The third kappa shape index (κ3) is 1.91. The summed E-state index contributed by atoms with van der Waals surface area (Å²) in [7, 11) is 0. The van der Waals surface area contributed by atoms with Crippen LogP contribution < -0.4 is 5.73 Å². The quantitative estimate of drug-likeness (QED) is 0.659. The van der Waals surface area contributed by atoms with Crippen LogP contribution in [0.4, 0.5) is 5.69 Å². The fourth-order valence-electron chi connectivity index (χ4n) is 1.92. The van der Waals surface area contributed by atoms with E-state index >= 15 is 0 Å². The molecule has 88 valence electrons. The summed E-state index contributed by atoms with van der Waals surface area (Å²) < 4.78 is 0. The predicted molar refractivity (Wildman–Crippen MR) is 74.1 cm³/mol. The van der Waals surface area contributed by atoms with E-state index in [0.717, 1.165) is 33.5 Å². The minimum atomic E-state index is 0.758. The summed E-state index contributed by atoms with van der Waals surface area (Å²) in [4.78, 5) is 8.91. The molecule has 2 aromatic heterocycles. The molecule has 0 radical (unpaired) electrons. The summed E-state index contributed by atoms with van der Waals surface area (Å²) in [6, 6.07) is 13.8. The van der Waals surface area contributed by atoms with Gasteiger partial charge in [-0.25, -0.2) is 4.98 Å². The number of nitrogens with two attached hydrogens (primary N) is 1. The largest absolute Gasteiger partial charge is 0.399 e. The van der Waals surface area contributed by atoms with E-state index in [1.165, 1.54) is 0 Å². The van der Waals surface area contributed by atoms with Crippen LogP contribution in [0.5, 0.6) is 0 Å². The lowest BCUT2D eigenvalue weighted by Gasteiger charge is -2.04. The average Bonchev–Trinajstić information content (AvgIpc) is 2.39. The first-order valence-corrected chi connectivity index (χ1v) is 5.82. The number of hydrogen-bond acceptors (Lipinski definition) is 3. The maximum atomic E-state index is 5.75. The predicted octanol–water partition coefficient (Wildman–Crippen LogP) is 3.19. The van der Waals surface area contributed by atoms with E-state index in [9.17, 15) is 0 Å². The molecule has 2 N–H and O–H groups in total. The van der Waals surface area contributed by atoms with Gasteiger partial charge in [-0.2, -0.15) is 0 Å². The molecule has 3 nitrogen and oxygen atoms in total. The number of aryl methyl sites for hydroxylation is 1. The van der Waals surface area contributed by atoms with Crippen molar-refractivity contribution in [2.45, 2.75) is 6.92 Å². The van der Waals surface area contributed by atoms with Crippen LogP contribution in [-0.2, 0) is 0 Å². The number of nitrogen functional groups attached to an aromatic ring is 1. The molecule has 0 saturated heterocycles. The fraction of sp³-hybridized carbons (Fsp3) is 0.0667. The Bertz CT molecular complexity index is 703. The van der Waals surface area contributed by atoms with Crippen LogP contribution in [0.25, 0.3) is 22.2 Å². The Labute approximate surface area is 105 Å². The van der Waals surface area contributed by atoms with Crippen molar-refractivity contribution in [2.24, 2.45) is 0 Å². The van der Waals surface area contributed by atoms with Gasteiger partial charge in [0, 0.05) is 28.5 Å². The molecule has 0 spiro atoms. The molecule has 0 amide bonds. The second-order valence-corrected chi connectivity index (χ2v) is 4.34. The van der Waals surface area contributed by atoms with E-state index < -0.39 is 0 Å². The summed E-state index contributed by atoms with van der Waals surface area (Å²) in [5, 5.41) is 1.05. The number of anilines is 1. The van der Waals surface area contributed by atoms with Crippen molar-refractivity contribution < 1.29 is 0 Å². The molecule has 0 aliphatic carbocycles. The standard InChI is InChI=1S/C15H13N3/c1-10-2-3-12(9-17-10)15-6-4-11-8-13(16)5-7-14(11)18-15/h2-9H,16H2,1H3. The fourth-order valence-corrected chi connectivity index (χ4v) is 1.92. The van der Waals surface area contributed by atoms with E-state index in [4.69, 9.17) is 5.73 Å². The summed E-state index contributed by atoms with van der Waals surface area (Å²) in [6.07, 6.45) is 1.85. The molecule has 0 aliphatic heterocycles. The Morgan fingerprint density at radius 1 is 1.00 bits per heavy atom. The summed E-state index contributed by atoms with van der Waals surface area (Å²) in [6.45, 7) is 1.97. The number of nitrogens with zero attached hydrogens (tertiary/aromatic N) is 2. The Morgan fingerprint density at radius 3 is 2.67 bits per heavy atom. The van der Waals surface area contributed by atoms with Crippen molar-refractivity contribution in [3.8, 4) is 11.3 Å².